The van der Waals surface area contributed by atoms with Crippen LogP contribution in [-0.4, -0.2) is 35.6 Å². The first-order valence-electron chi connectivity index (χ1n) is 9.42. The second-order valence-corrected chi connectivity index (χ2v) is 8.43. The zero-order valence-electron chi connectivity index (χ0n) is 16.3. The van der Waals surface area contributed by atoms with Crippen molar-refractivity contribution in [3.8, 4) is 11.5 Å². The third-order valence-electron chi connectivity index (χ3n) is 4.33. The maximum atomic E-state index is 12.5. The summed E-state index contributed by atoms with van der Waals surface area (Å²) in [7, 11) is 0. The average molecular weight is 445 g/mol. The molecule has 0 unspecified atom stereocenters. The van der Waals surface area contributed by atoms with Crippen LogP contribution >= 0.6 is 23.1 Å². The third-order valence-corrected chi connectivity index (χ3v) is 6.36. The lowest BCUT2D eigenvalue weighted by molar-refractivity contribution is -0.143. The van der Waals surface area contributed by atoms with Gasteiger partial charge in [-0.1, -0.05) is 41.7 Å². The van der Waals surface area contributed by atoms with Gasteiger partial charge in [0.05, 0.1) is 22.6 Å². The van der Waals surface area contributed by atoms with E-state index in [0.717, 1.165) is 21.5 Å². The smallest absolute Gasteiger partial charge is 0.326 e. The van der Waals surface area contributed by atoms with Gasteiger partial charge in [0.1, 0.15) is 6.54 Å². The number of ether oxygens (including phenoxy) is 3. The summed E-state index contributed by atoms with van der Waals surface area (Å²) < 4.78 is 18.5. The topological polar surface area (TPSA) is 79.1 Å². The number of thiazole rings is 1. The van der Waals surface area contributed by atoms with Crippen LogP contribution in [0, 0.1) is 0 Å². The SMILES string of the molecule is CCOC(=O)Cn1c(=NC(=O)CSCc2ccccc2)sc2cc3c(cc21)OCO3. The minimum Gasteiger partial charge on any atom is -0.465 e. The number of hydrogen-bond donors (Lipinski definition) is 0. The Hall–Kier alpha value is -2.78. The van der Waals surface area contributed by atoms with Crippen molar-refractivity contribution in [2.24, 2.45) is 4.99 Å². The summed E-state index contributed by atoms with van der Waals surface area (Å²) in [5.74, 6) is 1.60. The average Bonchev–Trinajstić information content (AvgIpc) is 3.31. The zero-order valence-corrected chi connectivity index (χ0v) is 18.0. The maximum Gasteiger partial charge on any atom is 0.326 e. The fourth-order valence-corrected chi connectivity index (χ4v) is 4.83. The van der Waals surface area contributed by atoms with Gasteiger partial charge in [0.15, 0.2) is 16.3 Å². The summed E-state index contributed by atoms with van der Waals surface area (Å²) in [5.41, 5.74) is 1.91. The Labute approximate surface area is 181 Å². The molecule has 4 rings (SSSR count). The molecule has 2 aromatic carbocycles. The summed E-state index contributed by atoms with van der Waals surface area (Å²) in [4.78, 5) is 29.3. The predicted molar refractivity (Wildman–Crippen MR) is 116 cm³/mol. The van der Waals surface area contributed by atoms with Gasteiger partial charge in [-0.2, -0.15) is 4.99 Å². The third kappa shape index (κ3) is 4.68. The molecule has 9 heteroatoms. The van der Waals surface area contributed by atoms with Gasteiger partial charge in [-0.3, -0.25) is 9.59 Å². The highest BCUT2D eigenvalue weighted by atomic mass is 32.2. The molecule has 1 aromatic heterocycles. The van der Waals surface area contributed by atoms with E-state index in [9.17, 15) is 9.59 Å². The van der Waals surface area contributed by atoms with E-state index in [0.29, 0.717) is 16.3 Å². The molecule has 0 aliphatic carbocycles. The van der Waals surface area contributed by atoms with E-state index in [1.54, 1.807) is 17.6 Å². The van der Waals surface area contributed by atoms with Crippen LogP contribution in [0.4, 0.5) is 0 Å². The highest BCUT2D eigenvalue weighted by Gasteiger charge is 2.19. The number of esters is 1. The zero-order chi connectivity index (χ0) is 20.9. The first-order valence-corrected chi connectivity index (χ1v) is 11.4. The van der Waals surface area contributed by atoms with Gasteiger partial charge < -0.3 is 18.8 Å². The van der Waals surface area contributed by atoms with Gasteiger partial charge >= 0.3 is 5.97 Å². The number of rotatable bonds is 7. The number of fused-ring (bicyclic) bond motifs is 2. The number of aromatic nitrogens is 1. The largest absolute Gasteiger partial charge is 0.465 e. The van der Waals surface area contributed by atoms with Crippen LogP contribution in [-0.2, 0) is 26.6 Å². The number of amides is 1. The van der Waals surface area contributed by atoms with Gasteiger partial charge in [-0.25, -0.2) is 0 Å². The van der Waals surface area contributed by atoms with Crippen molar-refractivity contribution < 1.29 is 23.8 Å². The highest BCUT2D eigenvalue weighted by molar-refractivity contribution is 7.99. The van der Waals surface area contributed by atoms with E-state index >= 15 is 0 Å². The van der Waals surface area contributed by atoms with Gasteiger partial charge in [-0.05, 0) is 12.5 Å². The maximum absolute atomic E-state index is 12.5. The molecule has 0 radical (unpaired) electrons. The van der Waals surface area contributed by atoms with Crippen LogP contribution in [0.1, 0.15) is 12.5 Å². The van der Waals surface area contributed by atoms with E-state index in [1.807, 2.05) is 36.4 Å². The van der Waals surface area contributed by atoms with Gasteiger partial charge in [0, 0.05) is 17.9 Å². The molecule has 2 heterocycles. The fraction of sp³-hybridized carbons (Fsp3) is 0.286. The second-order valence-electron chi connectivity index (χ2n) is 6.43. The normalized spacial score (nSPS) is 13.0. The summed E-state index contributed by atoms with van der Waals surface area (Å²) in [6.07, 6.45) is 0. The van der Waals surface area contributed by atoms with Gasteiger partial charge in [-0.15, -0.1) is 11.8 Å². The quantitative estimate of drug-likeness (QED) is 0.520. The van der Waals surface area contributed by atoms with E-state index in [-0.39, 0.29) is 37.6 Å². The van der Waals surface area contributed by atoms with Crippen molar-refractivity contribution in [3.63, 3.8) is 0 Å². The van der Waals surface area contributed by atoms with E-state index in [2.05, 4.69) is 4.99 Å². The molecule has 0 fully saturated rings. The van der Waals surface area contributed by atoms with E-state index in [4.69, 9.17) is 14.2 Å². The molecular weight excluding hydrogens is 424 g/mol. The summed E-state index contributed by atoms with van der Waals surface area (Å²) in [6.45, 7) is 2.18. The number of carbonyl (C=O) groups excluding carboxylic acids is 2. The molecule has 1 aliphatic heterocycles. The monoisotopic (exact) mass is 444 g/mol. The van der Waals surface area contributed by atoms with E-state index in [1.165, 1.54) is 23.1 Å². The predicted octanol–water partition coefficient (Wildman–Crippen LogP) is 3.36. The van der Waals surface area contributed by atoms with Crippen LogP contribution < -0.4 is 14.3 Å². The molecule has 0 saturated carbocycles. The van der Waals surface area contributed by atoms with Crippen LogP contribution in [0.25, 0.3) is 10.2 Å². The lowest BCUT2D eigenvalue weighted by Gasteiger charge is -2.05. The number of nitrogens with zero attached hydrogens (tertiary/aromatic N) is 2. The molecule has 0 spiro atoms. The van der Waals surface area contributed by atoms with Crippen molar-refractivity contribution in [2.75, 3.05) is 19.2 Å². The molecule has 1 aliphatic rings. The lowest BCUT2D eigenvalue weighted by Crippen LogP contribution is -2.23. The molecule has 0 saturated heterocycles. The molecule has 0 atom stereocenters. The van der Waals surface area contributed by atoms with E-state index < -0.39 is 0 Å². The minimum absolute atomic E-state index is 0.0310. The molecule has 3 aromatic rings. The van der Waals surface area contributed by atoms with Crippen molar-refractivity contribution >= 4 is 45.2 Å². The van der Waals surface area contributed by atoms with Crippen LogP contribution in [0.2, 0.25) is 0 Å². The number of hydrogen-bond acceptors (Lipinski definition) is 7. The first kappa shape index (κ1) is 20.5. The molecule has 156 valence electrons. The Morgan fingerprint density at radius 1 is 1.20 bits per heavy atom. The Kier molecular flexibility index (Phi) is 6.39. The number of carbonyl (C=O) groups is 2. The van der Waals surface area contributed by atoms with Crippen molar-refractivity contribution in [1.82, 2.24) is 4.57 Å². The highest BCUT2D eigenvalue weighted by Crippen LogP contribution is 2.37. The molecule has 1 amide bonds. The van der Waals surface area contributed by atoms with Crippen LogP contribution in [0.15, 0.2) is 47.5 Å². The van der Waals surface area contributed by atoms with Gasteiger partial charge in [0.2, 0.25) is 6.79 Å². The molecular formula is C21H20N2O5S2. The summed E-state index contributed by atoms with van der Waals surface area (Å²) >= 11 is 2.84. The fourth-order valence-electron chi connectivity index (χ4n) is 3.00. The summed E-state index contributed by atoms with van der Waals surface area (Å²) in [6, 6.07) is 13.6. The van der Waals surface area contributed by atoms with Crippen LogP contribution in [0.3, 0.4) is 0 Å². The van der Waals surface area contributed by atoms with Crippen molar-refractivity contribution in [3.05, 3.63) is 52.8 Å². The number of benzene rings is 2. The Morgan fingerprint density at radius 2 is 1.97 bits per heavy atom. The first-order chi connectivity index (χ1) is 14.6. The Morgan fingerprint density at radius 3 is 2.73 bits per heavy atom. The minimum atomic E-state index is -0.387. The molecule has 30 heavy (non-hydrogen) atoms. The standard InChI is InChI=1S/C21H20N2O5S2/c1-2-26-20(25)10-23-15-8-16-17(28-13-27-16)9-18(15)30-21(23)22-19(24)12-29-11-14-6-4-3-5-7-14/h3-9H,2,10-13H2,1H3. The van der Waals surface area contributed by atoms with Crippen molar-refractivity contribution in [1.29, 1.82) is 0 Å². The molecule has 7 nitrogen and oxygen atoms in total. The number of thioether (sulfide) groups is 1. The van der Waals surface area contributed by atoms with Gasteiger partial charge in [0.25, 0.3) is 5.91 Å². The molecule has 0 bridgehead atoms. The Balaban J connectivity index is 1.59. The second kappa shape index (κ2) is 9.36. The van der Waals surface area contributed by atoms with Crippen LogP contribution in [0.5, 0.6) is 11.5 Å². The lowest BCUT2D eigenvalue weighted by atomic mass is 10.2. The Bertz CT molecular complexity index is 1140. The molecule has 0 N–H and O–H groups in total. The summed E-state index contributed by atoms with van der Waals surface area (Å²) in [5, 5.41) is 0. The van der Waals surface area contributed by atoms with Crippen molar-refractivity contribution in [2.45, 2.75) is 19.2 Å².